The van der Waals surface area contributed by atoms with Crippen molar-refractivity contribution in [1.82, 2.24) is 24.8 Å². The number of pyridine rings is 1. The van der Waals surface area contributed by atoms with Gasteiger partial charge in [0.05, 0.1) is 30.2 Å². The van der Waals surface area contributed by atoms with Crippen LogP contribution in [0.3, 0.4) is 0 Å². The molecular weight excluding hydrogens is 523 g/mol. The zero-order valence-electron chi connectivity index (χ0n) is 21.2. The molecule has 5 heterocycles. The van der Waals surface area contributed by atoms with Gasteiger partial charge in [0.15, 0.2) is 23.1 Å². The summed E-state index contributed by atoms with van der Waals surface area (Å²) in [7, 11) is 5.23. The largest absolute Gasteiger partial charge is 0.493 e. The number of fused-ring (bicyclic) bond motifs is 2. The lowest BCUT2D eigenvalue weighted by Gasteiger charge is -2.34. The molecule has 0 radical (unpaired) electrons. The molecule has 1 amide bonds. The molecule has 0 atom stereocenters. The highest BCUT2D eigenvalue weighted by molar-refractivity contribution is 7.16. The molecule has 0 saturated carbocycles. The Balaban J connectivity index is 1.49. The first kappa shape index (κ1) is 25.9. The molecule has 2 aliphatic heterocycles. The standard InChI is InChI=1S/C23H26F3N9O2S/c1-13-29-17-20(36)35(12-23(24,25)26)15-11-28-22(31-19(15)33(3)21(17)38-13)30-18-16(37-4)9-14(10-27-18)34-7-5-32(2)6-8-34/h9-11H,5-8,12H2,1-4H3,(H,27,28,30,31). The Morgan fingerprint density at radius 3 is 2.53 bits per heavy atom. The third-order valence-corrected chi connectivity index (χ3v) is 7.37. The fourth-order valence-electron chi connectivity index (χ4n) is 4.34. The van der Waals surface area contributed by atoms with Crippen molar-refractivity contribution in [3.8, 4) is 5.75 Å². The number of methoxy groups -OCH3 is 1. The van der Waals surface area contributed by atoms with Crippen LogP contribution in [0.25, 0.3) is 0 Å². The minimum absolute atomic E-state index is 0.0606. The number of thiazole rings is 1. The topological polar surface area (TPSA) is 103 Å². The van der Waals surface area contributed by atoms with Crippen molar-refractivity contribution in [2.24, 2.45) is 0 Å². The van der Waals surface area contributed by atoms with E-state index in [-0.39, 0.29) is 23.1 Å². The van der Waals surface area contributed by atoms with Crippen molar-refractivity contribution in [2.45, 2.75) is 13.1 Å². The zero-order chi connectivity index (χ0) is 27.2. The summed E-state index contributed by atoms with van der Waals surface area (Å²) in [5.74, 6) is 0.148. The highest BCUT2D eigenvalue weighted by atomic mass is 32.1. The first-order valence-electron chi connectivity index (χ1n) is 11.8. The lowest BCUT2D eigenvalue weighted by molar-refractivity contribution is -0.118. The first-order chi connectivity index (χ1) is 18.0. The maximum absolute atomic E-state index is 13.4. The van der Waals surface area contributed by atoms with E-state index in [2.05, 4.69) is 42.1 Å². The normalized spacial score (nSPS) is 16.3. The van der Waals surface area contributed by atoms with Crippen LogP contribution in [0.5, 0.6) is 5.75 Å². The van der Waals surface area contributed by atoms with E-state index in [0.717, 1.165) is 31.9 Å². The fraction of sp³-hybridized carbons (Fsp3) is 0.435. The van der Waals surface area contributed by atoms with Gasteiger partial charge in [-0.25, -0.2) is 15.0 Å². The van der Waals surface area contributed by atoms with Crippen LogP contribution in [-0.4, -0.2) is 90.8 Å². The summed E-state index contributed by atoms with van der Waals surface area (Å²) >= 11 is 1.20. The van der Waals surface area contributed by atoms with E-state index < -0.39 is 18.6 Å². The number of nitrogens with zero attached hydrogens (tertiary/aromatic N) is 8. The molecular formula is C23H26F3N9O2S. The number of carbonyl (C=O) groups is 1. The first-order valence-corrected chi connectivity index (χ1v) is 12.6. The second-order valence-corrected chi connectivity index (χ2v) is 10.2. The van der Waals surface area contributed by atoms with E-state index in [9.17, 15) is 18.0 Å². The highest BCUT2D eigenvalue weighted by Gasteiger charge is 2.40. The Labute approximate surface area is 220 Å². The number of hydrogen-bond acceptors (Lipinski definition) is 11. The van der Waals surface area contributed by atoms with Crippen LogP contribution in [0.2, 0.25) is 0 Å². The number of carbonyl (C=O) groups excluding carboxylic acids is 1. The van der Waals surface area contributed by atoms with Gasteiger partial charge < -0.3 is 24.8 Å². The lowest BCUT2D eigenvalue weighted by Crippen LogP contribution is -2.44. The maximum Gasteiger partial charge on any atom is 0.406 e. The maximum atomic E-state index is 13.4. The van der Waals surface area contributed by atoms with Crippen LogP contribution in [0.1, 0.15) is 15.5 Å². The number of likely N-dealkylation sites (N-methyl/N-ethyl adjacent to an activating group) is 1. The molecule has 0 spiro atoms. The van der Waals surface area contributed by atoms with Gasteiger partial charge in [-0.15, -0.1) is 11.3 Å². The number of anilines is 6. The van der Waals surface area contributed by atoms with Crippen LogP contribution in [-0.2, 0) is 0 Å². The fourth-order valence-corrected chi connectivity index (χ4v) is 5.21. The summed E-state index contributed by atoms with van der Waals surface area (Å²) in [6.45, 7) is 3.79. The number of amides is 1. The number of aryl methyl sites for hydroxylation is 1. The van der Waals surface area contributed by atoms with E-state index in [4.69, 9.17) is 4.74 Å². The Morgan fingerprint density at radius 1 is 1.11 bits per heavy atom. The van der Waals surface area contributed by atoms with Gasteiger partial charge in [-0.2, -0.15) is 18.2 Å². The smallest absolute Gasteiger partial charge is 0.406 e. The Morgan fingerprint density at radius 2 is 1.84 bits per heavy atom. The second kappa shape index (κ2) is 9.87. The van der Waals surface area contributed by atoms with Crippen molar-refractivity contribution < 1.29 is 22.7 Å². The van der Waals surface area contributed by atoms with Crippen molar-refractivity contribution in [2.75, 3.05) is 73.9 Å². The molecule has 11 nitrogen and oxygen atoms in total. The van der Waals surface area contributed by atoms with Gasteiger partial charge in [0.1, 0.15) is 17.2 Å². The lowest BCUT2D eigenvalue weighted by atomic mass is 10.2. The van der Waals surface area contributed by atoms with Gasteiger partial charge in [-0.05, 0) is 14.0 Å². The van der Waals surface area contributed by atoms with Crippen LogP contribution < -0.4 is 24.8 Å². The van der Waals surface area contributed by atoms with E-state index in [1.54, 1.807) is 25.1 Å². The highest BCUT2D eigenvalue weighted by Crippen LogP contribution is 2.42. The number of rotatable bonds is 5. The molecule has 1 N–H and O–H groups in total. The monoisotopic (exact) mass is 549 g/mol. The summed E-state index contributed by atoms with van der Waals surface area (Å²) < 4.78 is 45.9. The number of aromatic nitrogens is 4. The molecule has 1 saturated heterocycles. The molecule has 15 heteroatoms. The Hall–Kier alpha value is -3.72. The Kier molecular flexibility index (Phi) is 6.73. The number of ether oxygens (including phenoxy) is 1. The van der Waals surface area contributed by atoms with Crippen LogP contribution in [0.15, 0.2) is 18.5 Å². The van der Waals surface area contributed by atoms with E-state index in [1.807, 2.05) is 6.07 Å². The SMILES string of the molecule is COc1cc(N2CCN(C)CC2)cnc1Nc1ncc2c(n1)N(C)c1sc(C)nc1C(=O)N2CC(F)(F)F. The summed E-state index contributed by atoms with van der Waals surface area (Å²) in [6, 6.07) is 1.87. The third-order valence-electron chi connectivity index (χ3n) is 6.32. The average Bonchev–Trinajstić information content (AvgIpc) is 3.25. The zero-order valence-corrected chi connectivity index (χ0v) is 22.0. The molecule has 3 aromatic rings. The molecule has 0 aromatic carbocycles. The minimum atomic E-state index is -4.64. The molecule has 38 heavy (non-hydrogen) atoms. The van der Waals surface area contributed by atoms with Crippen LogP contribution in [0, 0.1) is 6.92 Å². The van der Waals surface area contributed by atoms with Crippen molar-refractivity contribution in [1.29, 1.82) is 0 Å². The quantitative estimate of drug-likeness (QED) is 0.509. The predicted octanol–water partition coefficient (Wildman–Crippen LogP) is 3.43. The van der Waals surface area contributed by atoms with Crippen LogP contribution >= 0.6 is 11.3 Å². The van der Waals surface area contributed by atoms with Gasteiger partial charge in [0.25, 0.3) is 5.91 Å². The molecule has 0 aliphatic carbocycles. The van der Waals surface area contributed by atoms with Crippen molar-refractivity contribution >= 4 is 51.2 Å². The summed E-state index contributed by atoms with van der Waals surface area (Å²) in [4.78, 5) is 37.1. The molecule has 0 unspecified atom stereocenters. The van der Waals surface area contributed by atoms with Gasteiger partial charge >= 0.3 is 6.18 Å². The molecule has 3 aromatic heterocycles. The van der Waals surface area contributed by atoms with E-state index in [1.165, 1.54) is 24.6 Å². The second-order valence-electron chi connectivity index (χ2n) is 9.01. The Bertz CT molecular complexity index is 1360. The van der Waals surface area contributed by atoms with Crippen molar-refractivity contribution in [3.63, 3.8) is 0 Å². The number of halogens is 3. The molecule has 5 rings (SSSR count). The van der Waals surface area contributed by atoms with E-state index in [0.29, 0.717) is 26.5 Å². The molecule has 2 aliphatic rings. The van der Waals surface area contributed by atoms with Crippen molar-refractivity contribution in [3.05, 3.63) is 29.2 Å². The van der Waals surface area contributed by atoms with Gasteiger partial charge in [0.2, 0.25) is 5.95 Å². The number of hydrogen-bond donors (Lipinski definition) is 1. The number of piperazine rings is 1. The molecule has 1 fully saturated rings. The number of alkyl halides is 3. The predicted molar refractivity (Wildman–Crippen MR) is 138 cm³/mol. The average molecular weight is 550 g/mol. The summed E-state index contributed by atoms with van der Waals surface area (Å²) in [5.41, 5.74) is 0.778. The van der Waals surface area contributed by atoms with Gasteiger partial charge in [-0.1, -0.05) is 0 Å². The third kappa shape index (κ3) is 5.03. The molecule has 0 bridgehead atoms. The van der Waals surface area contributed by atoms with Gasteiger partial charge in [0, 0.05) is 39.3 Å². The summed E-state index contributed by atoms with van der Waals surface area (Å²) in [5, 5.41) is 3.95. The number of nitrogens with one attached hydrogen (secondary N) is 1. The molecule has 202 valence electrons. The minimum Gasteiger partial charge on any atom is -0.493 e. The summed E-state index contributed by atoms with van der Waals surface area (Å²) in [6.07, 6.45) is -1.72. The van der Waals surface area contributed by atoms with Gasteiger partial charge in [-0.3, -0.25) is 9.69 Å². The van der Waals surface area contributed by atoms with Crippen LogP contribution in [0.4, 0.5) is 47.1 Å². The van der Waals surface area contributed by atoms with E-state index >= 15 is 0 Å².